The molecule has 0 aromatic heterocycles. The second-order valence-electron chi connectivity index (χ2n) is 4.60. The summed E-state index contributed by atoms with van der Waals surface area (Å²) in [5.41, 5.74) is 2.34. The van der Waals surface area contributed by atoms with Gasteiger partial charge < -0.3 is 4.90 Å². The van der Waals surface area contributed by atoms with Crippen LogP contribution in [0.25, 0.3) is 0 Å². The zero-order chi connectivity index (χ0) is 11.9. The molecule has 0 bridgehead atoms. The molecule has 0 radical (unpaired) electrons. The van der Waals surface area contributed by atoms with Crippen molar-refractivity contribution in [2.45, 2.75) is 38.2 Å². The molecule has 0 spiro atoms. The van der Waals surface area contributed by atoms with E-state index in [0.29, 0.717) is 0 Å². The van der Waals surface area contributed by atoms with Gasteiger partial charge in [-0.2, -0.15) is 0 Å². The van der Waals surface area contributed by atoms with Gasteiger partial charge in [-0.25, -0.2) is 0 Å². The van der Waals surface area contributed by atoms with E-state index in [1.807, 2.05) is 25.7 Å². The summed E-state index contributed by atoms with van der Waals surface area (Å²) in [5, 5.41) is -0.398. The van der Waals surface area contributed by atoms with Crippen LogP contribution in [0, 0.1) is 6.92 Å². The van der Waals surface area contributed by atoms with E-state index in [4.69, 9.17) is 11.6 Å². The van der Waals surface area contributed by atoms with Crippen molar-refractivity contribution in [1.29, 1.82) is 0 Å². The first-order chi connectivity index (χ1) is 7.52. The van der Waals surface area contributed by atoms with Gasteiger partial charge in [0.1, 0.15) is 5.38 Å². The van der Waals surface area contributed by atoms with Gasteiger partial charge in [0.2, 0.25) is 5.91 Å². The summed E-state index contributed by atoms with van der Waals surface area (Å²) in [6.45, 7) is 6.08. The molecule has 1 amide bonds. The van der Waals surface area contributed by atoms with Gasteiger partial charge in [-0.05, 0) is 26.3 Å². The van der Waals surface area contributed by atoms with Crippen LogP contribution >= 0.6 is 11.6 Å². The molecule has 1 heterocycles. The van der Waals surface area contributed by atoms with Crippen molar-refractivity contribution in [2.24, 2.45) is 0 Å². The number of hydrogen-bond acceptors (Lipinski definition) is 1. The average molecular weight is 238 g/mol. The van der Waals surface area contributed by atoms with E-state index in [-0.39, 0.29) is 18.0 Å². The van der Waals surface area contributed by atoms with Crippen LogP contribution < -0.4 is 0 Å². The van der Waals surface area contributed by atoms with Gasteiger partial charge in [-0.3, -0.25) is 4.79 Å². The molecule has 0 aliphatic carbocycles. The summed E-state index contributed by atoms with van der Waals surface area (Å²) >= 11 is 6.09. The molecule has 0 unspecified atom stereocenters. The van der Waals surface area contributed by atoms with Crippen molar-refractivity contribution in [1.82, 2.24) is 4.90 Å². The predicted octanol–water partition coefficient (Wildman–Crippen LogP) is 2.89. The maximum Gasteiger partial charge on any atom is 0.243 e. The Bertz CT molecular complexity index is 399. The van der Waals surface area contributed by atoms with Crippen LogP contribution in [0.5, 0.6) is 0 Å². The van der Waals surface area contributed by atoms with Gasteiger partial charge in [0.25, 0.3) is 0 Å². The lowest BCUT2D eigenvalue weighted by Crippen LogP contribution is -2.58. The molecule has 16 heavy (non-hydrogen) atoms. The van der Waals surface area contributed by atoms with E-state index in [1.54, 1.807) is 0 Å². The number of amides is 1. The van der Waals surface area contributed by atoms with Gasteiger partial charge in [0.15, 0.2) is 0 Å². The minimum atomic E-state index is -0.398. The molecule has 0 N–H and O–H groups in total. The van der Waals surface area contributed by atoms with E-state index >= 15 is 0 Å². The van der Waals surface area contributed by atoms with E-state index < -0.39 is 5.38 Å². The third-order valence-electron chi connectivity index (χ3n) is 3.04. The minimum Gasteiger partial charge on any atom is -0.330 e. The molecule has 1 aliphatic heterocycles. The first-order valence-electron chi connectivity index (χ1n) is 5.55. The zero-order valence-electron chi connectivity index (χ0n) is 9.77. The number of halogens is 1. The van der Waals surface area contributed by atoms with Gasteiger partial charge in [0.05, 0.1) is 6.04 Å². The first-order valence-corrected chi connectivity index (χ1v) is 5.99. The number of alkyl halides is 1. The Morgan fingerprint density at radius 3 is 2.31 bits per heavy atom. The van der Waals surface area contributed by atoms with Crippen molar-refractivity contribution < 1.29 is 4.79 Å². The topological polar surface area (TPSA) is 20.3 Å². The number of benzene rings is 1. The fourth-order valence-electron chi connectivity index (χ4n) is 2.14. The predicted molar refractivity (Wildman–Crippen MR) is 65.5 cm³/mol. The Morgan fingerprint density at radius 1 is 1.25 bits per heavy atom. The fraction of sp³-hybridized carbons (Fsp3) is 0.462. The molecule has 0 saturated carbocycles. The van der Waals surface area contributed by atoms with E-state index in [1.165, 1.54) is 5.56 Å². The van der Waals surface area contributed by atoms with E-state index in [0.717, 1.165) is 5.56 Å². The average Bonchev–Trinajstić information content (AvgIpc) is 2.25. The molecular weight excluding hydrogens is 222 g/mol. The number of aryl methyl sites for hydroxylation is 1. The molecule has 1 saturated heterocycles. The summed E-state index contributed by atoms with van der Waals surface area (Å²) in [6, 6.07) is 8.46. The quantitative estimate of drug-likeness (QED) is 0.572. The SMILES string of the molecule is Cc1ccc([C@H]2[C@H](Cl)C(=O)N2C(C)C)cc1. The second kappa shape index (κ2) is 4.10. The molecule has 3 heteroatoms. The Morgan fingerprint density at radius 2 is 1.81 bits per heavy atom. The van der Waals surface area contributed by atoms with Gasteiger partial charge in [-0.1, -0.05) is 29.8 Å². The summed E-state index contributed by atoms with van der Waals surface area (Å²) < 4.78 is 0. The van der Waals surface area contributed by atoms with Crippen molar-refractivity contribution in [3.05, 3.63) is 35.4 Å². The number of carbonyl (C=O) groups excluding carboxylic acids is 1. The lowest BCUT2D eigenvalue weighted by molar-refractivity contribution is -0.148. The Balaban J connectivity index is 2.26. The van der Waals surface area contributed by atoms with Gasteiger partial charge in [0, 0.05) is 6.04 Å². The number of nitrogens with zero attached hydrogens (tertiary/aromatic N) is 1. The first kappa shape index (κ1) is 11.5. The minimum absolute atomic E-state index is 0.0368. The van der Waals surface area contributed by atoms with Crippen LogP contribution in [0.4, 0.5) is 0 Å². The molecule has 1 aromatic rings. The molecule has 1 aliphatic rings. The zero-order valence-corrected chi connectivity index (χ0v) is 10.5. The lowest BCUT2D eigenvalue weighted by Gasteiger charge is -2.47. The Hall–Kier alpha value is -1.02. The fourth-order valence-corrected chi connectivity index (χ4v) is 2.52. The van der Waals surface area contributed by atoms with Crippen molar-refractivity contribution in [3.63, 3.8) is 0 Å². The maximum atomic E-state index is 11.6. The molecule has 2 nitrogen and oxygen atoms in total. The van der Waals surface area contributed by atoms with Crippen molar-refractivity contribution in [2.75, 3.05) is 0 Å². The second-order valence-corrected chi connectivity index (χ2v) is 5.07. The number of β-lactam (4-membered cyclic amide) rings is 1. The Labute approximate surface area is 101 Å². The summed E-state index contributed by atoms with van der Waals surface area (Å²) in [5.74, 6) is 0.0437. The molecule has 86 valence electrons. The molecule has 1 aromatic carbocycles. The van der Waals surface area contributed by atoms with E-state index in [2.05, 4.69) is 24.3 Å². The third kappa shape index (κ3) is 1.71. The highest BCUT2D eigenvalue weighted by Gasteiger charge is 2.47. The summed E-state index contributed by atoms with van der Waals surface area (Å²) in [7, 11) is 0. The van der Waals surface area contributed by atoms with Gasteiger partial charge in [-0.15, -0.1) is 11.6 Å². The number of hydrogen-bond donors (Lipinski definition) is 0. The Kier molecular flexibility index (Phi) is 2.94. The van der Waals surface area contributed by atoms with Crippen LogP contribution in [-0.4, -0.2) is 22.2 Å². The van der Waals surface area contributed by atoms with E-state index in [9.17, 15) is 4.79 Å². The molecular formula is C13H16ClNO. The summed E-state index contributed by atoms with van der Waals surface area (Å²) in [4.78, 5) is 13.5. The third-order valence-corrected chi connectivity index (χ3v) is 3.47. The monoisotopic (exact) mass is 237 g/mol. The van der Waals surface area contributed by atoms with Crippen LogP contribution in [0.3, 0.4) is 0 Å². The maximum absolute atomic E-state index is 11.6. The van der Waals surface area contributed by atoms with Crippen LogP contribution in [0.15, 0.2) is 24.3 Å². The highest BCUT2D eigenvalue weighted by Crippen LogP contribution is 2.39. The van der Waals surface area contributed by atoms with Crippen LogP contribution in [0.2, 0.25) is 0 Å². The lowest BCUT2D eigenvalue weighted by atomic mass is 9.91. The van der Waals surface area contributed by atoms with Crippen LogP contribution in [-0.2, 0) is 4.79 Å². The molecule has 2 rings (SSSR count). The van der Waals surface area contributed by atoms with Gasteiger partial charge >= 0.3 is 0 Å². The number of likely N-dealkylation sites (tertiary alicyclic amines) is 1. The van der Waals surface area contributed by atoms with Crippen molar-refractivity contribution in [3.8, 4) is 0 Å². The number of carbonyl (C=O) groups is 1. The smallest absolute Gasteiger partial charge is 0.243 e. The number of rotatable bonds is 2. The normalized spacial score (nSPS) is 24.8. The summed E-state index contributed by atoms with van der Waals surface area (Å²) in [6.07, 6.45) is 0. The molecule has 2 atom stereocenters. The highest BCUT2D eigenvalue weighted by molar-refractivity contribution is 6.33. The molecule has 1 fully saturated rings. The highest BCUT2D eigenvalue weighted by atomic mass is 35.5. The van der Waals surface area contributed by atoms with Crippen LogP contribution in [0.1, 0.15) is 31.0 Å². The largest absolute Gasteiger partial charge is 0.330 e. The van der Waals surface area contributed by atoms with Crippen molar-refractivity contribution >= 4 is 17.5 Å². The standard InChI is InChI=1S/C13H16ClNO/c1-8(2)15-12(11(14)13(15)16)10-6-4-9(3)5-7-10/h4-8,11-12H,1-3H3/t11-,12-/m0/s1.